The lowest BCUT2D eigenvalue weighted by Gasteiger charge is -2.37. The molecule has 1 aliphatic heterocycles. The molecular weight excluding hydrogens is 372 g/mol. The lowest BCUT2D eigenvalue weighted by molar-refractivity contribution is 0.372. The van der Waals surface area contributed by atoms with E-state index in [1.165, 1.54) is 16.8 Å². The van der Waals surface area contributed by atoms with E-state index in [0.717, 1.165) is 45.2 Å². The maximum Gasteiger partial charge on any atom is 0.194 e. The molecule has 2 aromatic carbocycles. The molecule has 4 rings (SSSR count). The van der Waals surface area contributed by atoms with Gasteiger partial charge in [0.1, 0.15) is 0 Å². The third kappa shape index (κ3) is 5.20. The average molecular weight is 403 g/mol. The molecule has 0 spiro atoms. The maximum atomic E-state index is 4.91. The molecule has 0 saturated carbocycles. The number of nitrogens with zero attached hydrogens (tertiary/aromatic N) is 5. The van der Waals surface area contributed by atoms with E-state index in [1.54, 1.807) is 0 Å². The van der Waals surface area contributed by atoms with Gasteiger partial charge in [0.15, 0.2) is 5.96 Å². The quantitative estimate of drug-likeness (QED) is 0.508. The summed E-state index contributed by atoms with van der Waals surface area (Å²) in [5, 5.41) is 3.47. The van der Waals surface area contributed by atoms with Crippen LogP contribution in [-0.2, 0) is 13.1 Å². The summed E-state index contributed by atoms with van der Waals surface area (Å²) in [5.41, 5.74) is 3.79. The normalized spacial score (nSPS) is 14.8. The third-order valence-corrected chi connectivity index (χ3v) is 5.39. The van der Waals surface area contributed by atoms with Crippen molar-refractivity contribution in [1.29, 1.82) is 0 Å². The van der Waals surface area contributed by atoms with Crippen molar-refractivity contribution in [2.45, 2.75) is 20.0 Å². The van der Waals surface area contributed by atoms with Gasteiger partial charge in [-0.1, -0.05) is 42.5 Å². The number of nitrogens with one attached hydrogen (secondary N) is 1. The Morgan fingerprint density at radius 1 is 0.967 bits per heavy atom. The molecule has 0 unspecified atom stereocenters. The van der Waals surface area contributed by atoms with Gasteiger partial charge < -0.3 is 19.7 Å². The van der Waals surface area contributed by atoms with Gasteiger partial charge in [-0.05, 0) is 30.2 Å². The van der Waals surface area contributed by atoms with Gasteiger partial charge in [0.25, 0.3) is 0 Å². The number of benzene rings is 2. The average Bonchev–Trinajstić information content (AvgIpc) is 3.31. The van der Waals surface area contributed by atoms with Crippen LogP contribution in [-0.4, -0.2) is 53.1 Å². The van der Waals surface area contributed by atoms with Crippen LogP contribution in [0, 0.1) is 0 Å². The van der Waals surface area contributed by atoms with Crippen molar-refractivity contribution in [3.05, 3.63) is 84.4 Å². The molecule has 3 aromatic rings. The minimum atomic E-state index is 0.687. The van der Waals surface area contributed by atoms with Gasteiger partial charge in [0.2, 0.25) is 0 Å². The van der Waals surface area contributed by atoms with E-state index >= 15 is 0 Å². The highest BCUT2D eigenvalue weighted by Crippen LogP contribution is 2.16. The highest BCUT2D eigenvalue weighted by molar-refractivity contribution is 5.80. The molecule has 30 heavy (non-hydrogen) atoms. The zero-order chi connectivity index (χ0) is 20.6. The molecule has 1 saturated heterocycles. The van der Waals surface area contributed by atoms with Crippen molar-refractivity contribution in [1.82, 2.24) is 19.8 Å². The monoisotopic (exact) mass is 402 g/mol. The molecule has 0 amide bonds. The van der Waals surface area contributed by atoms with Crippen LogP contribution in [0.4, 0.5) is 5.69 Å². The lowest BCUT2D eigenvalue weighted by atomic mass is 10.1. The van der Waals surface area contributed by atoms with E-state index in [-0.39, 0.29) is 0 Å². The molecule has 1 fully saturated rings. The van der Waals surface area contributed by atoms with E-state index < -0.39 is 0 Å². The van der Waals surface area contributed by atoms with Crippen LogP contribution < -0.4 is 10.2 Å². The predicted molar refractivity (Wildman–Crippen MR) is 123 cm³/mol. The summed E-state index contributed by atoms with van der Waals surface area (Å²) in [6.45, 7) is 8.51. The fourth-order valence-corrected chi connectivity index (χ4v) is 3.75. The number of hydrogen-bond donors (Lipinski definition) is 1. The van der Waals surface area contributed by atoms with Crippen molar-refractivity contribution in [2.75, 3.05) is 37.6 Å². The summed E-state index contributed by atoms with van der Waals surface area (Å²) in [4.78, 5) is 13.8. The summed E-state index contributed by atoms with van der Waals surface area (Å²) in [6.07, 6.45) is 5.64. The molecular formula is C24H30N6. The van der Waals surface area contributed by atoms with Crippen molar-refractivity contribution < 1.29 is 0 Å². The molecule has 6 heteroatoms. The Kier molecular flexibility index (Phi) is 6.65. The zero-order valence-electron chi connectivity index (χ0n) is 17.6. The highest BCUT2D eigenvalue weighted by Gasteiger charge is 2.19. The fraction of sp³-hybridized carbons (Fsp3) is 0.333. The Balaban J connectivity index is 1.34. The number of piperazine rings is 1. The molecule has 1 aromatic heterocycles. The molecule has 1 N–H and O–H groups in total. The third-order valence-electron chi connectivity index (χ3n) is 5.39. The van der Waals surface area contributed by atoms with Crippen molar-refractivity contribution >= 4 is 11.6 Å². The van der Waals surface area contributed by atoms with E-state index in [4.69, 9.17) is 4.99 Å². The number of guanidine groups is 1. The molecule has 6 nitrogen and oxygen atoms in total. The Morgan fingerprint density at radius 3 is 2.37 bits per heavy atom. The number of rotatable bonds is 6. The number of anilines is 1. The van der Waals surface area contributed by atoms with Crippen LogP contribution in [0.5, 0.6) is 0 Å². The molecule has 0 aliphatic carbocycles. The summed E-state index contributed by atoms with van der Waals surface area (Å²) in [5.74, 6) is 1.01. The van der Waals surface area contributed by atoms with Gasteiger partial charge in [-0.2, -0.15) is 0 Å². The first kappa shape index (κ1) is 20.0. The minimum Gasteiger partial charge on any atom is -0.368 e. The minimum absolute atomic E-state index is 0.687. The second-order valence-electron chi connectivity index (χ2n) is 7.53. The number of hydrogen-bond acceptors (Lipinski definition) is 3. The van der Waals surface area contributed by atoms with Gasteiger partial charge in [-0.3, -0.25) is 0 Å². The standard InChI is InChI=1S/C24H30N6/c1-2-26-24(30-16-14-29(15-17-30)23-6-4-3-5-7-23)27-18-21-8-10-22(11-9-21)19-28-13-12-25-20-28/h3-13,20H,2,14-19H2,1H3,(H,26,27). The van der Waals surface area contributed by atoms with E-state index in [9.17, 15) is 0 Å². The van der Waals surface area contributed by atoms with Gasteiger partial charge in [0.05, 0.1) is 12.9 Å². The smallest absolute Gasteiger partial charge is 0.194 e. The zero-order valence-corrected chi connectivity index (χ0v) is 17.6. The van der Waals surface area contributed by atoms with Crippen molar-refractivity contribution in [3.8, 4) is 0 Å². The molecule has 0 atom stereocenters. The largest absolute Gasteiger partial charge is 0.368 e. The number of para-hydroxylation sites is 1. The Labute approximate surface area is 178 Å². The lowest BCUT2D eigenvalue weighted by Crippen LogP contribution is -2.52. The molecule has 0 radical (unpaired) electrons. The molecule has 156 valence electrons. The summed E-state index contributed by atoms with van der Waals surface area (Å²) >= 11 is 0. The van der Waals surface area contributed by atoms with Crippen LogP contribution in [0.1, 0.15) is 18.1 Å². The van der Waals surface area contributed by atoms with Gasteiger partial charge in [-0.15, -0.1) is 0 Å². The van der Waals surface area contributed by atoms with Crippen LogP contribution in [0.15, 0.2) is 78.3 Å². The van der Waals surface area contributed by atoms with Crippen molar-refractivity contribution in [3.63, 3.8) is 0 Å². The molecule has 2 heterocycles. The van der Waals surface area contributed by atoms with Crippen LogP contribution >= 0.6 is 0 Å². The van der Waals surface area contributed by atoms with Gasteiger partial charge >= 0.3 is 0 Å². The van der Waals surface area contributed by atoms with Crippen LogP contribution in [0.2, 0.25) is 0 Å². The van der Waals surface area contributed by atoms with Crippen LogP contribution in [0.3, 0.4) is 0 Å². The summed E-state index contributed by atoms with van der Waals surface area (Å²) < 4.78 is 2.07. The second kappa shape index (κ2) is 9.96. The predicted octanol–water partition coefficient (Wildman–Crippen LogP) is 3.22. The maximum absolute atomic E-state index is 4.91. The first-order valence-corrected chi connectivity index (χ1v) is 10.7. The molecule has 1 aliphatic rings. The number of aliphatic imine (C=N–C) groups is 1. The topological polar surface area (TPSA) is 48.7 Å². The Hall–Kier alpha value is -3.28. The van der Waals surface area contributed by atoms with Crippen LogP contribution in [0.25, 0.3) is 0 Å². The second-order valence-corrected chi connectivity index (χ2v) is 7.53. The van der Waals surface area contributed by atoms with Gasteiger partial charge in [-0.25, -0.2) is 9.98 Å². The van der Waals surface area contributed by atoms with Gasteiger partial charge in [0, 0.05) is 57.3 Å². The van der Waals surface area contributed by atoms with E-state index in [0.29, 0.717) is 6.54 Å². The number of aromatic nitrogens is 2. The van der Waals surface area contributed by atoms with E-state index in [2.05, 4.69) is 86.2 Å². The number of imidazole rings is 1. The highest BCUT2D eigenvalue weighted by atomic mass is 15.3. The molecule has 0 bridgehead atoms. The summed E-state index contributed by atoms with van der Waals surface area (Å²) in [7, 11) is 0. The summed E-state index contributed by atoms with van der Waals surface area (Å²) in [6, 6.07) is 19.4. The fourth-order valence-electron chi connectivity index (χ4n) is 3.75. The SMILES string of the molecule is CCNC(=NCc1ccc(Cn2ccnc2)cc1)N1CCN(c2ccccc2)CC1. The van der Waals surface area contributed by atoms with Crippen molar-refractivity contribution in [2.24, 2.45) is 4.99 Å². The first-order chi connectivity index (χ1) is 14.8. The van der Waals surface area contributed by atoms with E-state index in [1.807, 2.05) is 18.7 Å². The Morgan fingerprint density at radius 2 is 1.70 bits per heavy atom. The first-order valence-electron chi connectivity index (χ1n) is 10.7. The Bertz CT molecular complexity index is 910.